The molecule has 0 amide bonds. The largest absolute Gasteiger partial charge is 0.290 e. The Morgan fingerprint density at radius 2 is 1.95 bits per heavy atom. The quantitative estimate of drug-likeness (QED) is 0.525. The van der Waals surface area contributed by atoms with Crippen LogP contribution in [0.15, 0.2) is 45.7 Å². The van der Waals surface area contributed by atoms with Crippen molar-refractivity contribution in [2.75, 3.05) is 0 Å². The minimum absolute atomic E-state index is 0.0314. The highest BCUT2D eigenvalue weighted by atomic mass is 32.2. The highest BCUT2D eigenvalue weighted by molar-refractivity contribution is 7.98. The van der Waals surface area contributed by atoms with E-state index < -0.39 is 0 Å². The van der Waals surface area contributed by atoms with E-state index in [2.05, 4.69) is 43.1 Å². The molecule has 3 nitrogen and oxygen atoms in total. The van der Waals surface area contributed by atoms with Crippen molar-refractivity contribution in [3.8, 4) is 0 Å². The lowest BCUT2D eigenvalue weighted by molar-refractivity contribution is 0.728. The Bertz CT molecular complexity index is 847. The lowest BCUT2D eigenvalue weighted by atomic mass is 10.0. The summed E-state index contributed by atoms with van der Waals surface area (Å²) in [5.41, 5.74) is 2.62. The maximum absolute atomic E-state index is 12.3. The molecule has 3 rings (SSSR count). The van der Waals surface area contributed by atoms with E-state index in [1.54, 1.807) is 23.4 Å². The van der Waals surface area contributed by atoms with Crippen LogP contribution in [0.2, 0.25) is 0 Å². The van der Waals surface area contributed by atoms with E-state index in [-0.39, 0.29) is 5.56 Å². The third-order valence-electron chi connectivity index (χ3n) is 3.68. The summed E-state index contributed by atoms with van der Waals surface area (Å²) in [4.78, 5) is 17.7. The Kier molecular flexibility index (Phi) is 4.36. The minimum atomic E-state index is 0.0314. The van der Waals surface area contributed by atoms with Crippen molar-refractivity contribution in [3.05, 3.63) is 57.2 Å². The van der Waals surface area contributed by atoms with Gasteiger partial charge in [0.1, 0.15) is 4.83 Å². The average Bonchev–Trinajstić information content (AvgIpc) is 2.98. The second-order valence-corrected chi connectivity index (χ2v) is 7.42. The molecule has 1 aromatic carbocycles. The minimum Gasteiger partial charge on any atom is -0.290 e. The first-order valence-electron chi connectivity index (χ1n) is 7.22. The van der Waals surface area contributed by atoms with Crippen molar-refractivity contribution >= 4 is 33.3 Å². The third kappa shape index (κ3) is 2.96. The maximum atomic E-state index is 12.3. The van der Waals surface area contributed by atoms with Crippen LogP contribution in [0.1, 0.15) is 30.9 Å². The predicted molar refractivity (Wildman–Crippen MR) is 95.0 cm³/mol. The highest BCUT2D eigenvalue weighted by Gasteiger charge is 2.10. The monoisotopic (exact) mass is 330 g/mol. The second-order valence-electron chi connectivity index (χ2n) is 5.58. The molecule has 114 valence electrons. The molecule has 0 bridgehead atoms. The third-order valence-corrected chi connectivity index (χ3v) is 5.59. The van der Waals surface area contributed by atoms with Crippen LogP contribution in [0.25, 0.3) is 10.2 Å². The molecule has 0 spiro atoms. The van der Waals surface area contributed by atoms with Crippen LogP contribution in [-0.2, 0) is 12.8 Å². The zero-order valence-electron chi connectivity index (χ0n) is 12.9. The summed E-state index contributed by atoms with van der Waals surface area (Å²) in [7, 11) is 1.79. The smallest absolute Gasteiger partial charge is 0.262 e. The summed E-state index contributed by atoms with van der Waals surface area (Å²) in [6.07, 6.45) is 0. The number of aromatic nitrogens is 2. The van der Waals surface area contributed by atoms with Crippen molar-refractivity contribution in [1.29, 1.82) is 0 Å². The molecule has 0 atom stereocenters. The van der Waals surface area contributed by atoms with Gasteiger partial charge in [0, 0.05) is 12.8 Å². The molecule has 2 aromatic heterocycles. The molecule has 5 heteroatoms. The van der Waals surface area contributed by atoms with Crippen LogP contribution in [0.4, 0.5) is 0 Å². The maximum Gasteiger partial charge on any atom is 0.262 e. The number of thiophene rings is 1. The zero-order chi connectivity index (χ0) is 15.7. The normalized spacial score (nSPS) is 11.5. The molecular formula is C17H18N2OS2. The summed E-state index contributed by atoms with van der Waals surface area (Å²) in [5.74, 6) is 1.36. The van der Waals surface area contributed by atoms with E-state index in [0.29, 0.717) is 11.3 Å². The van der Waals surface area contributed by atoms with Gasteiger partial charge >= 0.3 is 0 Å². The second kappa shape index (κ2) is 6.26. The van der Waals surface area contributed by atoms with Gasteiger partial charge in [0.25, 0.3) is 5.56 Å². The summed E-state index contributed by atoms with van der Waals surface area (Å²) < 4.78 is 1.64. The number of fused-ring (bicyclic) bond motifs is 1. The fourth-order valence-corrected chi connectivity index (χ4v) is 3.99. The predicted octanol–water partition coefficient (Wildman–Crippen LogP) is 4.41. The van der Waals surface area contributed by atoms with Gasteiger partial charge in [-0.25, -0.2) is 4.98 Å². The molecule has 0 unspecified atom stereocenters. The van der Waals surface area contributed by atoms with Crippen molar-refractivity contribution < 1.29 is 0 Å². The number of hydrogen-bond acceptors (Lipinski definition) is 4. The molecule has 0 aliphatic rings. The van der Waals surface area contributed by atoms with E-state index in [0.717, 1.165) is 15.7 Å². The average molecular weight is 330 g/mol. The Morgan fingerprint density at radius 1 is 1.23 bits per heavy atom. The first-order chi connectivity index (χ1) is 10.6. The summed E-state index contributed by atoms with van der Waals surface area (Å²) >= 11 is 3.12. The van der Waals surface area contributed by atoms with Crippen LogP contribution < -0.4 is 5.56 Å². The molecule has 2 heterocycles. The first kappa shape index (κ1) is 15.3. The summed E-state index contributed by atoms with van der Waals surface area (Å²) in [5, 5.41) is 3.39. The number of benzene rings is 1. The van der Waals surface area contributed by atoms with Crippen LogP contribution >= 0.6 is 23.1 Å². The van der Waals surface area contributed by atoms with Gasteiger partial charge in [0.2, 0.25) is 0 Å². The molecule has 0 saturated carbocycles. The van der Waals surface area contributed by atoms with E-state index in [1.807, 2.05) is 11.4 Å². The molecule has 0 aliphatic heterocycles. The van der Waals surface area contributed by atoms with Gasteiger partial charge < -0.3 is 0 Å². The summed E-state index contributed by atoms with van der Waals surface area (Å²) in [6.45, 7) is 4.39. The van der Waals surface area contributed by atoms with E-state index in [1.165, 1.54) is 22.5 Å². The van der Waals surface area contributed by atoms with Crippen molar-refractivity contribution in [2.45, 2.75) is 30.7 Å². The van der Waals surface area contributed by atoms with Crippen LogP contribution in [0.5, 0.6) is 0 Å². The first-order valence-corrected chi connectivity index (χ1v) is 9.08. The summed E-state index contributed by atoms with van der Waals surface area (Å²) in [6, 6.07) is 10.5. The van der Waals surface area contributed by atoms with Crippen LogP contribution in [0.3, 0.4) is 0 Å². The van der Waals surface area contributed by atoms with Gasteiger partial charge in [0.05, 0.1) is 5.39 Å². The number of nitrogens with zero attached hydrogens (tertiary/aromatic N) is 2. The molecule has 0 aliphatic carbocycles. The van der Waals surface area contributed by atoms with Crippen molar-refractivity contribution in [2.24, 2.45) is 7.05 Å². The lowest BCUT2D eigenvalue weighted by Crippen LogP contribution is -2.19. The molecule has 0 fully saturated rings. The highest BCUT2D eigenvalue weighted by Crippen LogP contribution is 2.24. The van der Waals surface area contributed by atoms with E-state index in [9.17, 15) is 4.79 Å². The molecule has 3 aromatic rings. The molecule has 0 radical (unpaired) electrons. The van der Waals surface area contributed by atoms with Gasteiger partial charge in [-0.2, -0.15) is 0 Å². The fraction of sp³-hybridized carbons (Fsp3) is 0.294. The Balaban J connectivity index is 1.81. The van der Waals surface area contributed by atoms with Crippen LogP contribution in [0, 0.1) is 0 Å². The topological polar surface area (TPSA) is 34.9 Å². The number of thioether (sulfide) groups is 1. The number of rotatable bonds is 4. The van der Waals surface area contributed by atoms with Gasteiger partial charge in [-0.3, -0.25) is 9.36 Å². The molecule has 22 heavy (non-hydrogen) atoms. The zero-order valence-corrected chi connectivity index (χ0v) is 14.5. The van der Waals surface area contributed by atoms with E-state index >= 15 is 0 Å². The Morgan fingerprint density at radius 3 is 2.64 bits per heavy atom. The lowest BCUT2D eigenvalue weighted by Gasteiger charge is -2.08. The number of hydrogen-bond donors (Lipinski definition) is 0. The Hall–Kier alpha value is -1.59. The fourth-order valence-electron chi connectivity index (χ4n) is 2.26. The van der Waals surface area contributed by atoms with Gasteiger partial charge in [-0.1, -0.05) is 49.9 Å². The van der Waals surface area contributed by atoms with Gasteiger partial charge in [0.15, 0.2) is 5.16 Å². The van der Waals surface area contributed by atoms with Gasteiger partial charge in [-0.15, -0.1) is 11.3 Å². The molecule has 0 N–H and O–H groups in total. The van der Waals surface area contributed by atoms with Gasteiger partial charge in [-0.05, 0) is 28.5 Å². The Labute approximate surface area is 138 Å². The molecular weight excluding hydrogens is 312 g/mol. The van der Waals surface area contributed by atoms with Crippen LogP contribution in [-0.4, -0.2) is 9.55 Å². The SMILES string of the molecule is CC(C)c1ccc(CSc2nc3sccc3c(=O)n2C)cc1. The molecule has 0 saturated heterocycles. The van der Waals surface area contributed by atoms with Crippen molar-refractivity contribution in [3.63, 3.8) is 0 Å². The van der Waals surface area contributed by atoms with E-state index in [4.69, 9.17) is 0 Å². The van der Waals surface area contributed by atoms with Crippen molar-refractivity contribution in [1.82, 2.24) is 9.55 Å². The standard InChI is InChI=1S/C17H18N2OS2/c1-11(2)13-6-4-12(5-7-13)10-22-17-18-15-14(8-9-21-15)16(20)19(17)3/h4-9,11H,10H2,1-3H3.